The van der Waals surface area contributed by atoms with Crippen molar-refractivity contribution in [2.75, 3.05) is 73.7 Å². The summed E-state index contributed by atoms with van der Waals surface area (Å²) in [5.74, 6) is 1.52. The van der Waals surface area contributed by atoms with Crippen molar-refractivity contribution in [1.29, 1.82) is 0 Å². The van der Waals surface area contributed by atoms with Crippen LogP contribution >= 0.6 is 0 Å². The number of carbonyl (C=O) groups is 2. The summed E-state index contributed by atoms with van der Waals surface area (Å²) < 4.78 is 5.39. The van der Waals surface area contributed by atoms with Crippen LogP contribution < -0.4 is 14.7 Å². The van der Waals surface area contributed by atoms with Crippen LogP contribution in [0.1, 0.15) is 12.0 Å². The lowest BCUT2D eigenvalue weighted by Gasteiger charge is -2.36. The van der Waals surface area contributed by atoms with Crippen molar-refractivity contribution in [1.82, 2.24) is 15.1 Å². The average molecular weight is 451 g/mol. The van der Waals surface area contributed by atoms with E-state index >= 15 is 0 Å². The van der Waals surface area contributed by atoms with E-state index < -0.39 is 0 Å². The predicted molar refractivity (Wildman–Crippen MR) is 125 cm³/mol. The van der Waals surface area contributed by atoms with Gasteiger partial charge in [-0.25, -0.2) is 0 Å². The van der Waals surface area contributed by atoms with E-state index in [0.29, 0.717) is 32.7 Å². The van der Waals surface area contributed by atoms with Gasteiger partial charge in [0.05, 0.1) is 19.1 Å². The molecule has 1 unspecified atom stereocenters. The Morgan fingerprint density at radius 3 is 2.09 bits per heavy atom. The number of aromatic nitrogens is 2. The summed E-state index contributed by atoms with van der Waals surface area (Å²) in [5, 5.41) is 8.82. The molecular formula is C24H30N6O3. The number of carbonyl (C=O) groups excluding carboxylic acids is 2. The summed E-state index contributed by atoms with van der Waals surface area (Å²) in [4.78, 5) is 33.7. The van der Waals surface area contributed by atoms with Gasteiger partial charge in [-0.1, -0.05) is 17.7 Å². The van der Waals surface area contributed by atoms with E-state index in [-0.39, 0.29) is 24.2 Å². The van der Waals surface area contributed by atoms with E-state index in [2.05, 4.69) is 20.0 Å². The van der Waals surface area contributed by atoms with Crippen LogP contribution in [-0.4, -0.2) is 85.9 Å². The largest absolute Gasteiger partial charge is 0.378 e. The SMILES string of the molecule is Cc1ccc(N2CC(C(=O)N3CCN(c4ccc(N5CCOCC5)nn4)CC3)CC2=O)cc1. The van der Waals surface area contributed by atoms with Crippen molar-refractivity contribution >= 4 is 29.1 Å². The molecule has 1 aromatic carbocycles. The van der Waals surface area contributed by atoms with Crippen LogP contribution in [0.3, 0.4) is 0 Å². The molecule has 2 amide bonds. The summed E-state index contributed by atoms with van der Waals surface area (Å²) in [7, 11) is 0. The second kappa shape index (κ2) is 9.35. The van der Waals surface area contributed by atoms with Gasteiger partial charge in [-0.05, 0) is 31.2 Å². The third-order valence-corrected chi connectivity index (χ3v) is 6.71. The number of aryl methyl sites for hydroxylation is 1. The fourth-order valence-corrected chi connectivity index (χ4v) is 4.71. The molecule has 33 heavy (non-hydrogen) atoms. The Bertz CT molecular complexity index is 982. The van der Waals surface area contributed by atoms with Crippen LogP contribution in [0.2, 0.25) is 0 Å². The molecular weight excluding hydrogens is 420 g/mol. The highest BCUT2D eigenvalue weighted by molar-refractivity contribution is 6.00. The molecule has 0 aliphatic carbocycles. The average Bonchev–Trinajstić information content (AvgIpc) is 3.26. The number of nitrogens with zero attached hydrogens (tertiary/aromatic N) is 6. The van der Waals surface area contributed by atoms with Gasteiger partial charge in [0.1, 0.15) is 0 Å². The summed E-state index contributed by atoms with van der Waals surface area (Å²) in [6.07, 6.45) is 0.279. The molecule has 174 valence electrons. The molecule has 0 bridgehead atoms. The number of anilines is 3. The topological polar surface area (TPSA) is 82.1 Å². The molecule has 9 nitrogen and oxygen atoms in total. The lowest BCUT2D eigenvalue weighted by atomic mass is 10.1. The van der Waals surface area contributed by atoms with Gasteiger partial charge in [-0.2, -0.15) is 0 Å². The maximum atomic E-state index is 13.1. The van der Waals surface area contributed by atoms with Gasteiger partial charge in [-0.15, -0.1) is 10.2 Å². The van der Waals surface area contributed by atoms with Gasteiger partial charge in [0.15, 0.2) is 11.6 Å². The first-order valence-corrected chi connectivity index (χ1v) is 11.7. The fourth-order valence-electron chi connectivity index (χ4n) is 4.71. The standard InChI is InChI=1S/C24H30N6O3/c1-18-2-4-20(5-3-18)30-17-19(16-23(30)31)24(32)29-10-8-27(9-11-29)21-6-7-22(26-25-21)28-12-14-33-15-13-28/h2-7,19H,8-17H2,1H3. The van der Waals surface area contributed by atoms with E-state index in [1.807, 2.05) is 48.2 Å². The Morgan fingerprint density at radius 1 is 0.879 bits per heavy atom. The molecule has 0 spiro atoms. The van der Waals surface area contributed by atoms with Crippen LogP contribution in [0, 0.1) is 12.8 Å². The van der Waals surface area contributed by atoms with Crippen LogP contribution in [0.4, 0.5) is 17.3 Å². The van der Waals surface area contributed by atoms with E-state index in [1.54, 1.807) is 4.90 Å². The summed E-state index contributed by atoms with van der Waals surface area (Å²) in [6.45, 7) is 8.24. The van der Waals surface area contributed by atoms with Gasteiger partial charge in [0.2, 0.25) is 11.8 Å². The Labute approximate surface area is 193 Å². The minimum Gasteiger partial charge on any atom is -0.378 e. The summed E-state index contributed by atoms with van der Waals surface area (Å²) in [6, 6.07) is 11.9. The Kier molecular flexibility index (Phi) is 6.13. The van der Waals surface area contributed by atoms with E-state index in [9.17, 15) is 9.59 Å². The normalized spacial score (nSPS) is 21.6. The first-order valence-electron chi connectivity index (χ1n) is 11.7. The zero-order chi connectivity index (χ0) is 22.8. The van der Waals surface area contributed by atoms with E-state index in [4.69, 9.17) is 4.74 Å². The lowest BCUT2D eigenvalue weighted by Crippen LogP contribution is -2.51. The van der Waals surface area contributed by atoms with Crippen LogP contribution in [0.25, 0.3) is 0 Å². The zero-order valence-corrected chi connectivity index (χ0v) is 19.0. The number of hydrogen-bond donors (Lipinski definition) is 0. The molecule has 3 aliphatic heterocycles. The first kappa shape index (κ1) is 21.6. The maximum Gasteiger partial charge on any atom is 0.228 e. The third kappa shape index (κ3) is 4.64. The molecule has 2 aromatic rings. The number of rotatable bonds is 4. The number of amides is 2. The number of morpholine rings is 1. The predicted octanol–water partition coefficient (Wildman–Crippen LogP) is 1.32. The van der Waals surface area contributed by atoms with Gasteiger partial charge in [0.25, 0.3) is 0 Å². The Morgan fingerprint density at radius 2 is 1.48 bits per heavy atom. The highest BCUT2D eigenvalue weighted by Gasteiger charge is 2.38. The molecule has 0 radical (unpaired) electrons. The van der Waals surface area contributed by atoms with Crippen LogP contribution in [0.15, 0.2) is 36.4 Å². The molecule has 1 atom stereocenters. The highest BCUT2D eigenvalue weighted by atomic mass is 16.5. The number of ether oxygens (including phenoxy) is 1. The lowest BCUT2D eigenvalue weighted by molar-refractivity contribution is -0.136. The minimum atomic E-state index is -0.280. The van der Waals surface area contributed by atoms with Crippen molar-refractivity contribution in [2.24, 2.45) is 5.92 Å². The van der Waals surface area contributed by atoms with Crippen molar-refractivity contribution in [3.63, 3.8) is 0 Å². The van der Waals surface area contributed by atoms with Crippen LogP contribution in [-0.2, 0) is 14.3 Å². The highest BCUT2D eigenvalue weighted by Crippen LogP contribution is 2.27. The van der Waals surface area contributed by atoms with Crippen molar-refractivity contribution in [3.8, 4) is 0 Å². The first-order chi connectivity index (χ1) is 16.1. The molecule has 3 fully saturated rings. The molecule has 9 heteroatoms. The van der Waals surface area contributed by atoms with E-state index in [1.165, 1.54) is 0 Å². The molecule has 0 N–H and O–H groups in total. The van der Waals surface area contributed by atoms with Crippen molar-refractivity contribution < 1.29 is 14.3 Å². The molecule has 3 saturated heterocycles. The molecule has 5 rings (SSSR count). The number of hydrogen-bond acceptors (Lipinski definition) is 7. The van der Waals surface area contributed by atoms with Gasteiger partial charge >= 0.3 is 0 Å². The fraction of sp³-hybridized carbons (Fsp3) is 0.500. The summed E-state index contributed by atoms with van der Waals surface area (Å²) >= 11 is 0. The molecule has 3 aliphatic rings. The maximum absolute atomic E-state index is 13.1. The number of benzene rings is 1. The Hall–Kier alpha value is -3.20. The smallest absolute Gasteiger partial charge is 0.228 e. The Balaban J connectivity index is 1.15. The quantitative estimate of drug-likeness (QED) is 0.695. The second-order valence-corrected chi connectivity index (χ2v) is 8.90. The third-order valence-electron chi connectivity index (χ3n) is 6.71. The zero-order valence-electron chi connectivity index (χ0n) is 19.0. The molecule has 4 heterocycles. The second-order valence-electron chi connectivity index (χ2n) is 8.90. The van der Waals surface area contributed by atoms with Gasteiger partial charge < -0.3 is 24.3 Å². The summed E-state index contributed by atoms with van der Waals surface area (Å²) in [5.41, 5.74) is 2.01. The number of piperazine rings is 1. The van der Waals surface area contributed by atoms with Gasteiger partial charge in [0, 0.05) is 57.9 Å². The molecule has 0 saturated carbocycles. The molecule has 1 aromatic heterocycles. The van der Waals surface area contributed by atoms with Crippen molar-refractivity contribution in [3.05, 3.63) is 42.0 Å². The van der Waals surface area contributed by atoms with Gasteiger partial charge in [-0.3, -0.25) is 9.59 Å². The minimum absolute atomic E-state index is 0.0199. The van der Waals surface area contributed by atoms with Crippen molar-refractivity contribution in [2.45, 2.75) is 13.3 Å². The monoisotopic (exact) mass is 450 g/mol. The van der Waals surface area contributed by atoms with E-state index in [0.717, 1.165) is 49.2 Å². The van der Waals surface area contributed by atoms with Crippen LogP contribution in [0.5, 0.6) is 0 Å².